The molecule has 0 saturated heterocycles. The molecule has 0 aliphatic carbocycles. The molecule has 1 nitrogen and oxygen atoms in total. The lowest BCUT2D eigenvalue weighted by Crippen LogP contribution is -1.73. The van der Waals surface area contributed by atoms with E-state index in [1.54, 1.807) is 18.5 Å². The van der Waals surface area contributed by atoms with Crippen LogP contribution in [0.3, 0.4) is 0 Å². The third-order valence-corrected chi connectivity index (χ3v) is 0.942. The fourth-order valence-electron chi connectivity index (χ4n) is 0.500. The minimum Gasteiger partial charge on any atom is -0.670 e. The molecule has 0 fully saturated rings. The molecule has 0 aromatic heterocycles. The van der Waals surface area contributed by atoms with Crippen LogP contribution >= 0.6 is 0 Å². The van der Waals surface area contributed by atoms with E-state index in [-0.39, 0.29) is 0 Å². The van der Waals surface area contributed by atoms with Crippen molar-refractivity contribution in [1.29, 1.82) is 0 Å². The van der Waals surface area contributed by atoms with Crippen molar-refractivity contribution in [2.75, 3.05) is 0 Å². The molecule has 41 valence electrons. The molecule has 0 unspecified atom stereocenters. The molecule has 8 heavy (non-hydrogen) atoms. The Morgan fingerprint density at radius 1 is 1.38 bits per heavy atom. The van der Waals surface area contributed by atoms with Crippen LogP contribution in [0.5, 0.6) is 0 Å². The lowest BCUT2D eigenvalue weighted by molar-refractivity contribution is 1.59. The van der Waals surface area contributed by atoms with E-state index >= 15 is 0 Å². The van der Waals surface area contributed by atoms with Gasteiger partial charge in [-0.05, 0) is 12.5 Å². The lowest BCUT2D eigenvalue weighted by Gasteiger charge is -2.11. The van der Waals surface area contributed by atoms with Gasteiger partial charge < -0.3 is 5.32 Å². The summed E-state index contributed by atoms with van der Waals surface area (Å²) in [7, 11) is 0. The first-order valence-electron chi connectivity index (χ1n) is 2.46. The first-order chi connectivity index (χ1) is 3.93. The second-order valence-corrected chi connectivity index (χ2v) is 1.48. The van der Waals surface area contributed by atoms with Crippen molar-refractivity contribution in [3.8, 4) is 0 Å². The van der Waals surface area contributed by atoms with Gasteiger partial charge in [0.15, 0.2) is 0 Å². The number of nitrogens with zero attached hydrogens (tertiary/aromatic N) is 1. The molecule has 0 N–H and O–H groups in total. The summed E-state index contributed by atoms with van der Waals surface area (Å²) < 4.78 is 0. The zero-order valence-electron chi connectivity index (χ0n) is 4.54. The quantitative estimate of drug-likeness (QED) is 0.448. The normalized spacial score (nSPS) is 15.9. The molecule has 1 radical (unpaired) electrons. The maximum atomic E-state index is 3.85. The van der Waals surface area contributed by atoms with Crippen molar-refractivity contribution < 1.29 is 0 Å². The number of hydrogen-bond donors (Lipinski definition) is 0. The summed E-state index contributed by atoms with van der Waals surface area (Å²) >= 11 is 0. The van der Waals surface area contributed by atoms with Crippen LogP contribution in [0.15, 0.2) is 36.2 Å². The van der Waals surface area contributed by atoms with E-state index in [9.17, 15) is 0 Å². The Kier molecular flexibility index (Phi) is 1.52. The third kappa shape index (κ3) is 0.997. The molecule has 0 amide bonds. The van der Waals surface area contributed by atoms with Crippen LogP contribution in [0.25, 0.3) is 5.32 Å². The van der Waals surface area contributed by atoms with Crippen molar-refractivity contribution in [3.63, 3.8) is 0 Å². The van der Waals surface area contributed by atoms with Gasteiger partial charge in [-0.15, -0.1) is 0 Å². The predicted molar refractivity (Wildman–Crippen MR) is 35.1 cm³/mol. The summed E-state index contributed by atoms with van der Waals surface area (Å²) in [4.78, 5) is 0. The van der Waals surface area contributed by atoms with Gasteiger partial charge >= 0.3 is 0 Å². The summed E-state index contributed by atoms with van der Waals surface area (Å²) in [5, 5.41) is 3.85. The first kappa shape index (κ1) is 5.16. The molecule has 1 aliphatic heterocycles. The third-order valence-electron chi connectivity index (χ3n) is 0.942. The average Bonchev–Trinajstić information content (AvgIpc) is 1.90. The van der Waals surface area contributed by atoms with E-state index in [1.165, 1.54) is 0 Å². The zero-order chi connectivity index (χ0) is 5.82. The van der Waals surface area contributed by atoms with E-state index in [2.05, 4.69) is 12.2 Å². The van der Waals surface area contributed by atoms with Gasteiger partial charge in [-0.25, -0.2) is 0 Å². The van der Waals surface area contributed by atoms with Crippen molar-refractivity contribution >= 4 is 0 Å². The highest BCUT2D eigenvalue weighted by molar-refractivity contribution is 5.39. The molecule has 0 aromatic carbocycles. The lowest BCUT2D eigenvalue weighted by atomic mass is 10.2. The Labute approximate surface area is 49.4 Å². The van der Waals surface area contributed by atoms with E-state index in [4.69, 9.17) is 0 Å². The Balaban J connectivity index is 2.69. The molecule has 0 aromatic rings. The number of hydrogen-bond acceptors (Lipinski definition) is 0. The van der Waals surface area contributed by atoms with Crippen LogP contribution in [-0.4, -0.2) is 0 Å². The topological polar surface area (TPSA) is 14.1 Å². The summed E-state index contributed by atoms with van der Waals surface area (Å²) in [6.07, 6.45) is 9.11. The molecule has 0 bridgehead atoms. The standard InChI is InChI=1S/C7H7N/c1-2-7-3-5-8-6-4-7/h2-6H,1H2/q-1. The van der Waals surface area contributed by atoms with Gasteiger partial charge in [0.05, 0.1) is 0 Å². The highest BCUT2D eigenvalue weighted by Crippen LogP contribution is 2.07. The van der Waals surface area contributed by atoms with E-state index in [0.717, 1.165) is 5.57 Å². The van der Waals surface area contributed by atoms with Gasteiger partial charge in [0.2, 0.25) is 0 Å². The first-order valence-corrected chi connectivity index (χ1v) is 2.46. The van der Waals surface area contributed by atoms with Gasteiger partial charge in [-0.3, -0.25) is 0 Å². The number of rotatable bonds is 0. The highest BCUT2D eigenvalue weighted by atomic mass is 14.8. The van der Waals surface area contributed by atoms with Crippen molar-refractivity contribution in [1.82, 2.24) is 0 Å². The zero-order valence-corrected chi connectivity index (χ0v) is 4.54. The molecule has 1 rings (SSSR count). The van der Waals surface area contributed by atoms with Gasteiger partial charge in [0, 0.05) is 0 Å². The highest BCUT2D eigenvalue weighted by Gasteiger charge is 1.78. The van der Waals surface area contributed by atoms with Crippen LogP contribution in [0, 0.1) is 6.92 Å². The number of allylic oxidation sites excluding steroid dienone is 4. The molecule has 1 aliphatic rings. The molecule has 0 saturated carbocycles. The fourth-order valence-corrected chi connectivity index (χ4v) is 0.500. The predicted octanol–water partition coefficient (Wildman–Crippen LogP) is 2.16. The van der Waals surface area contributed by atoms with Crippen LogP contribution in [-0.2, 0) is 0 Å². The minimum absolute atomic E-state index is 1.11. The Morgan fingerprint density at radius 2 is 2.00 bits per heavy atom. The molecular formula is C7H7N-. The Hall–Kier alpha value is -0.980. The van der Waals surface area contributed by atoms with E-state index in [0.29, 0.717) is 0 Å². The van der Waals surface area contributed by atoms with Gasteiger partial charge in [0.1, 0.15) is 0 Å². The van der Waals surface area contributed by atoms with Gasteiger partial charge in [-0.1, -0.05) is 18.2 Å². The van der Waals surface area contributed by atoms with Crippen LogP contribution < -0.4 is 0 Å². The van der Waals surface area contributed by atoms with E-state index < -0.39 is 0 Å². The average molecular weight is 105 g/mol. The smallest absolute Gasteiger partial charge is 0.0307 e. The summed E-state index contributed by atoms with van der Waals surface area (Å²) in [5.41, 5.74) is 1.11. The molecule has 0 spiro atoms. The van der Waals surface area contributed by atoms with Crippen LogP contribution in [0.4, 0.5) is 0 Å². The fraction of sp³-hybridized carbons (Fsp3) is 0. The Morgan fingerprint density at radius 3 is 2.38 bits per heavy atom. The van der Waals surface area contributed by atoms with Crippen molar-refractivity contribution in [3.05, 3.63) is 48.4 Å². The maximum Gasteiger partial charge on any atom is -0.0307 e. The van der Waals surface area contributed by atoms with Gasteiger partial charge in [-0.2, -0.15) is 12.4 Å². The monoisotopic (exact) mass is 105 g/mol. The van der Waals surface area contributed by atoms with Crippen molar-refractivity contribution in [2.24, 2.45) is 0 Å². The molecule has 0 atom stereocenters. The SMILES string of the molecule is [CH2]C=C1C=C[N-]C=C1. The summed E-state index contributed by atoms with van der Waals surface area (Å²) in [6.45, 7) is 3.60. The second-order valence-electron chi connectivity index (χ2n) is 1.48. The van der Waals surface area contributed by atoms with Crippen LogP contribution in [0.2, 0.25) is 0 Å². The molecular weight excluding hydrogens is 98.1 g/mol. The summed E-state index contributed by atoms with van der Waals surface area (Å²) in [5.74, 6) is 0. The molecule has 1 heteroatoms. The van der Waals surface area contributed by atoms with Crippen LogP contribution in [0.1, 0.15) is 0 Å². The van der Waals surface area contributed by atoms with E-state index in [1.807, 2.05) is 12.2 Å². The maximum absolute atomic E-state index is 3.85. The Bertz CT molecular complexity index is 138. The molecule has 1 heterocycles. The summed E-state index contributed by atoms with van der Waals surface area (Å²) in [6, 6.07) is 0. The minimum atomic E-state index is 1.11. The second kappa shape index (κ2) is 2.36. The largest absolute Gasteiger partial charge is 0.670 e. The van der Waals surface area contributed by atoms with Gasteiger partial charge in [0.25, 0.3) is 0 Å². The van der Waals surface area contributed by atoms with Crippen molar-refractivity contribution in [2.45, 2.75) is 0 Å².